The van der Waals surface area contributed by atoms with Crippen molar-refractivity contribution >= 4 is 41.3 Å². The second kappa shape index (κ2) is 14.6. The van der Waals surface area contributed by atoms with E-state index in [1.165, 1.54) is 24.3 Å². The zero-order chi connectivity index (χ0) is 40.0. The van der Waals surface area contributed by atoms with Gasteiger partial charge in [0.1, 0.15) is 9.79 Å². The fourth-order valence-corrected chi connectivity index (χ4v) is 12.8. The zero-order valence-electron chi connectivity index (χ0n) is 33.0. The minimum absolute atomic E-state index is 0.0526. The number of rotatable bonds is 9. The van der Waals surface area contributed by atoms with Gasteiger partial charge in [-0.1, -0.05) is 141 Å². The molecule has 0 fully saturated rings. The fraction of sp³-hybridized carbons (Fsp3) is 0.261. The van der Waals surface area contributed by atoms with Gasteiger partial charge in [0.05, 0.1) is 0 Å². The first kappa shape index (κ1) is 40.3. The lowest BCUT2D eigenvalue weighted by atomic mass is 9.87. The molecule has 6 aromatic carbocycles. The minimum atomic E-state index is -4.69. The third-order valence-electron chi connectivity index (χ3n) is 9.68. The van der Waals surface area contributed by atoms with E-state index in [4.69, 9.17) is 7.81 Å². The van der Waals surface area contributed by atoms with Crippen molar-refractivity contribution in [2.75, 3.05) is 0 Å². The number of fused-ring (bicyclic) bond motifs is 1. The van der Waals surface area contributed by atoms with Crippen LogP contribution in [0.5, 0.6) is 5.75 Å². The van der Waals surface area contributed by atoms with Crippen LogP contribution in [-0.2, 0) is 40.1 Å². The van der Waals surface area contributed by atoms with Gasteiger partial charge in [0, 0.05) is 20.1 Å². The molecule has 0 aliphatic carbocycles. The van der Waals surface area contributed by atoms with E-state index in [1.54, 1.807) is 42.5 Å². The summed E-state index contributed by atoms with van der Waals surface area (Å²) in [6, 6.07) is 41.5. The van der Waals surface area contributed by atoms with E-state index in [0.29, 0.717) is 20.1 Å². The van der Waals surface area contributed by atoms with Gasteiger partial charge in [-0.2, -0.15) is 16.8 Å². The molecule has 0 amide bonds. The highest BCUT2D eigenvalue weighted by Gasteiger charge is 2.40. The Morgan fingerprint density at radius 3 is 1.20 bits per heavy atom. The maximum absolute atomic E-state index is 15.2. The fourth-order valence-electron chi connectivity index (χ4n) is 6.44. The lowest BCUT2D eigenvalue weighted by Crippen LogP contribution is -2.17. The van der Waals surface area contributed by atoms with Crippen LogP contribution in [0, 0.1) is 0 Å². The first-order valence-electron chi connectivity index (χ1n) is 18.3. The Balaban J connectivity index is 1.63. The smallest absolute Gasteiger partial charge is 0.339 e. The van der Waals surface area contributed by atoms with Gasteiger partial charge in [0.25, 0.3) is 0 Å². The van der Waals surface area contributed by atoms with Gasteiger partial charge in [-0.15, -0.1) is 0 Å². The van der Waals surface area contributed by atoms with Gasteiger partial charge >= 0.3 is 20.2 Å². The molecule has 0 radical (unpaired) electrons. The Morgan fingerprint density at radius 1 is 0.400 bits per heavy atom. The monoisotopic (exact) mass is 794 g/mol. The second-order valence-corrected chi connectivity index (χ2v) is 22.8. The molecule has 6 rings (SSSR count). The highest BCUT2D eigenvalue weighted by Crippen LogP contribution is 2.70. The summed E-state index contributed by atoms with van der Waals surface area (Å²) in [6.07, 6.45) is 0. The number of benzene rings is 6. The third-order valence-corrected chi connectivity index (χ3v) is 16.1. The Morgan fingerprint density at radius 2 is 0.800 bits per heavy atom. The van der Waals surface area contributed by atoms with Crippen LogP contribution in [0.1, 0.15) is 79.0 Å². The maximum atomic E-state index is 15.2. The molecular formula is C46H50O6S3. The summed E-state index contributed by atoms with van der Waals surface area (Å²) in [7, 11) is -12.0. The van der Waals surface area contributed by atoms with Crippen molar-refractivity contribution in [3.05, 3.63) is 156 Å². The molecule has 288 valence electrons. The van der Waals surface area contributed by atoms with Gasteiger partial charge < -0.3 is 4.18 Å². The van der Waals surface area contributed by atoms with Gasteiger partial charge in [-0.3, -0.25) is 0 Å². The van der Waals surface area contributed by atoms with E-state index in [9.17, 15) is 8.42 Å². The van der Waals surface area contributed by atoms with Crippen LogP contribution >= 0.6 is 10.3 Å². The Hall–Kier alpha value is -4.41. The average Bonchev–Trinajstić information content (AvgIpc) is 3.13. The van der Waals surface area contributed by atoms with Crippen molar-refractivity contribution in [1.29, 1.82) is 0 Å². The summed E-state index contributed by atoms with van der Waals surface area (Å²) in [4.78, 5) is 1.83. The molecule has 0 spiro atoms. The van der Waals surface area contributed by atoms with Crippen molar-refractivity contribution in [2.45, 2.75) is 103 Å². The van der Waals surface area contributed by atoms with Crippen molar-refractivity contribution < 1.29 is 24.6 Å². The Kier molecular flexibility index (Phi) is 10.7. The summed E-state index contributed by atoms with van der Waals surface area (Å²) in [5, 5.41) is 0.580. The SMILES string of the molecule is CC(C)(C)c1ccc(S(OS(=O)(=O)c2cccc3cccc(OS(=O)(=O)c4ccccc4)c23)(c2ccc(C(C)(C)C)cc2)c2ccc(C(C)(C)C)cc2)cc1. The van der Waals surface area contributed by atoms with Gasteiger partial charge in [-0.05, 0) is 109 Å². The second-order valence-electron chi connectivity index (χ2n) is 16.9. The van der Waals surface area contributed by atoms with E-state index in [0.717, 1.165) is 16.7 Å². The van der Waals surface area contributed by atoms with Crippen LogP contribution in [0.4, 0.5) is 0 Å². The van der Waals surface area contributed by atoms with Crippen molar-refractivity contribution in [3.63, 3.8) is 0 Å². The average molecular weight is 795 g/mol. The number of hydrogen-bond acceptors (Lipinski definition) is 6. The first-order chi connectivity index (χ1) is 25.6. The number of hydrogen-bond donors (Lipinski definition) is 0. The molecule has 6 nitrogen and oxygen atoms in total. The van der Waals surface area contributed by atoms with Crippen molar-refractivity contribution in [3.8, 4) is 5.75 Å². The first-order valence-corrected chi connectivity index (χ1v) is 22.6. The van der Waals surface area contributed by atoms with Crippen LogP contribution in [0.15, 0.2) is 164 Å². The molecule has 0 aromatic heterocycles. The lowest BCUT2D eigenvalue weighted by molar-refractivity contribution is 0.486. The molecular weight excluding hydrogens is 745 g/mol. The van der Waals surface area contributed by atoms with Crippen LogP contribution in [0.25, 0.3) is 10.8 Å². The molecule has 55 heavy (non-hydrogen) atoms. The predicted octanol–water partition coefficient (Wildman–Crippen LogP) is 12.1. The Bertz CT molecular complexity index is 2380. The van der Waals surface area contributed by atoms with E-state index in [2.05, 4.69) is 62.3 Å². The third kappa shape index (κ3) is 8.26. The summed E-state index contributed by atoms with van der Waals surface area (Å²) < 4.78 is 70.0. The Labute approximate surface area is 329 Å². The van der Waals surface area contributed by atoms with Gasteiger partial charge in [0.2, 0.25) is 0 Å². The summed E-state index contributed by atoms with van der Waals surface area (Å²) in [5.74, 6) is -0.122. The largest absolute Gasteiger partial charge is 0.378 e. The van der Waals surface area contributed by atoms with Crippen LogP contribution in [-0.4, -0.2) is 16.8 Å². The van der Waals surface area contributed by atoms with Crippen LogP contribution in [0.3, 0.4) is 0 Å². The minimum Gasteiger partial charge on any atom is -0.378 e. The highest BCUT2D eigenvalue weighted by molar-refractivity contribution is 8.33. The van der Waals surface area contributed by atoms with Crippen LogP contribution < -0.4 is 4.18 Å². The van der Waals surface area contributed by atoms with Crippen molar-refractivity contribution in [2.24, 2.45) is 0 Å². The van der Waals surface area contributed by atoms with E-state index in [1.807, 2.05) is 72.8 Å². The van der Waals surface area contributed by atoms with Gasteiger partial charge in [-0.25, -0.2) is 3.63 Å². The molecule has 6 aromatic rings. The van der Waals surface area contributed by atoms with Gasteiger partial charge in [0.15, 0.2) is 5.75 Å². The molecule has 0 N–H and O–H groups in total. The van der Waals surface area contributed by atoms with E-state index in [-0.39, 0.29) is 37.2 Å². The topological polar surface area (TPSA) is 86.7 Å². The summed E-state index contributed by atoms with van der Waals surface area (Å²) >= 11 is 0. The molecule has 0 unspecified atom stereocenters. The molecule has 0 atom stereocenters. The maximum Gasteiger partial charge on any atom is 0.339 e. The molecule has 0 saturated heterocycles. The molecule has 0 saturated carbocycles. The molecule has 0 aliphatic rings. The molecule has 9 heteroatoms. The van der Waals surface area contributed by atoms with Crippen molar-refractivity contribution in [1.82, 2.24) is 0 Å². The molecule has 0 bridgehead atoms. The zero-order valence-corrected chi connectivity index (χ0v) is 35.4. The molecule has 0 heterocycles. The predicted molar refractivity (Wildman–Crippen MR) is 224 cm³/mol. The highest BCUT2D eigenvalue weighted by atomic mass is 32.3. The van der Waals surface area contributed by atoms with Crippen LogP contribution in [0.2, 0.25) is 0 Å². The summed E-state index contributed by atoms with van der Waals surface area (Å²) in [6.45, 7) is 19.2. The standard InChI is InChI=1S/C46H50O6S3/c1-44(2,3)34-21-27-37(28-22-34)53(38-29-23-35(24-30-38)45(4,5)6,39-31-25-36(26-32-39)46(7,8)9)52-55(49,50)42-20-14-16-33-15-13-19-41(43(33)42)51-54(47,48)40-17-11-10-12-18-40/h10-32H,1-9H3. The summed E-state index contributed by atoms with van der Waals surface area (Å²) in [5.41, 5.74) is 2.83. The molecule has 0 aliphatic heterocycles. The van der Waals surface area contributed by atoms with E-state index >= 15 is 8.42 Å². The normalized spacial score (nSPS) is 13.5. The lowest BCUT2D eigenvalue weighted by Gasteiger charge is -2.40. The quantitative estimate of drug-likeness (QED) is 0.135. The van der Waals surface area contributed by atoms with E-state index < -0.39 is 30.5 Å².